The van der Waals surface area contributed by atoms with Crippen LogP contribution in [0.2, 0.25) is 0 Å². The maximum absolute atomic E-state index is 12.4. The van der Waals surface area contributed by atoms with Crippen molar-refractivity contribution in [1.29, 1.82) is 0 Å². The molecule has 0 saturated heterocycles. The lowest BCUT2D eigenvalue weighted by Crippen LogP contribution is -2.41. The Labute approximate surface area is 118 Å². The number of fused-ring (bicyclic) bond motifs is 1. The first-order valence-corrected chi connectivity index (χ1v) is 7.09. The molecule has 1 aromatic rings. The molecule has 0 bridgehead atoms. The van der Waals surface area contributed by atoms with Gasteiger partial charge in [-0.1, -0.05) is 0 Å². The van der Waals surface area contributed by atoms with E-state index >= 15 is 0 Å². The largest absolute Gasteiger partial charge is 0.382 e. The van der Waals surface area contributed by atoms with Crippen molar-refractivity contribution < 1.29 is 14.3 Å². The van der Waals surface area contributed by atoms with Gasteiger partial charge in [0.15, 0.2) is 5.69 Å². The van der Waals surface area contributed by atoms with E-state index in [1.54, 1.807) is 7.11 Å². The molecule has 1 aromatic heterocycles. The second-order valence-corrected chi connectivity index (χ2v) is 5.92. The lowest BCUT2D eigenvalue weighted by molar-refractivity contribution is -0.00698. The van der Waals surface area contributed by atoms with Crippen molar-refractivity contribution in [3.63, 3.8) is 0 Å². The summed E-state index contributed by atoms with van der Waals surface area (Å²) < 4.78 is 10.9. The number of aromatic amines is 1. The molecule has 6 heteroatoms. The highest BCUT2D eigenvalue weighted by atomic mass is 16.5. The first-order valence-electron chi connectivity index (χ1n) is 7.09. The van der Waals surface area contributed by atoms with E-state index in [0.29, 0.717) is 12.3 Å². The number of hydrogen-bond donors (Lipinski definition) is 2. The van der Waals surface area contributed by atoms with Crippen molar-refractivity contribution >= 4 is 5.91 Å². The molecule has 1 fully saturated rings. The summed E-state index contributed by atoms with van der Waals surface area (Å²) in [6.07, 6.45) is 2.72. The molecule has 1 aliphatic carbocycles. The monoisotopic (exact) mass is 279 g/mol. The molecule has 2 atom stereocenters. The maximum Gasteiger partial charge on any atom is 0.272 e. The summed E-state index contributed by atoms with van der Waals surface area (Å²) in [5.41, 5.74) is 2.23. The molecule has 6 nitrogen and oxygen atoms in total. The minimum Gasteiger partial charge on any atom is -0.382 e. The lowest BCUT2D eigenvalue weighted by Gasteiger charge is -2.25. The van der Waals surface area contributed by atoms with Crippen LogP contribution < -0.4 is 5.32 Å². The van der Waals surface area contributed by atoms with Gasteiger partial charge in [-0.3, -0.25) is 9.89 Å². The van der Waals surface area contributed by atoms with Gasteiger partial charge in [-0.05, 0) is 26.7 Å². The molecule has 1 amide bonds. The number of amides is 1. The van der Waals surface area contributed by atoms with Gasteiger partial charge in [0.1, 0.15) is 0 Å². The third-order valence-electron chi connectivity index (χ3n) is 4.10. The van der Waals surface area contributed by atoms with Gasteiger partial charge in [0.2, 0.25) is 0 Å². The van der Waals surface area contributed by atoms with Crippen LogP contribution in [-0.4, -0.2) is 41.5 Å². The summed E-state index contributed by atoms with van der Waals surface area (Å²) in [5, 5.41) is 10.2. The standard InChI is InChI=1S/C14H21N3O3/c1-8-6-10-11(9(2)20-8)16-17-12(10)13(18)15-14(4-5-14)7-19-3/h8-9H,4-7H2,1-3H3,(H,15,18)(H,16,17)/t8-,9+/m0/s1. The fraction of sp³-hybridized carbons (Fsp3) is 0.714. The second-order valence-electron chi connectivity index (χ2n) is 5.92. The van der Waals surface area contributed by atoms with E-state index < -0.39 is 0 Å². The Bertz CT molecular complexity index is 522. The Morgan fingerprint density at radius 1 is 1.55 bits per heavy atom. The molecule has 1 aliphatic heterocycles. The van der Waals surface area contributed by atoms with Crippen LogP contribution in [0.3, 0.4) is 0 Å². The van der Waals surface area contributed by atoms with Gasteiger partial charge in [-0.25, -0.2) is 0 Å². The molecule has 0 radical (unpaired) electrons. The first kappa shape index (κ1) is 13.6. The molecule has 20 heavy (non-hydrogen) atoms. The van der Waals surface area contributed by atoms with E-state index in [9.17, 15) is 4.79 Å². The van der Waals surface area contributed by atoms with Crippen LogP contribution in [0.5, 0.6) is 0 Å². The van der Waals surface area contributed by atoms with Gasteiger partial charge >= 0.3 is 0 Å². The van der Waals surface area contributed by atoms with Crippen molar-refractivity contribution in [1.82, 2.24) is 15.5 Å². The Kier molecular flexibility index (Phi) is 3.30. The minimum absolute atomic E-state index is 0.0448. The van der Waals surface area contributed by atoms with Crippen LogP contribution in [-0.2, 0) is 15.9 Å². The molecule has 1 saturated carbocycles. The second kappa shape index (κ2) is 4.86. The van der Waals surface area contributed by atoms with E-state index in [0.717, 1.165) is 30.5 Å². The van der Waals surface area contributed by atoms with Crippen molar-refractivity contribution in [2.75, 3.05) is 13.7 Å². The highest BCUT2D eigenvalue weighted by molar-refractivity contribution is 5.94. The highest BCUT2D eigenvalue weighted by Gasteiger charge is 2.45. The van der Waals surface area contributed by atoms with Crippen LogP contribution in [0.1, 0.15) is 54.5 Å². The van der Waals surface area contributed by atoms with E-state index in [-0.39, 0.29) is 23.7 Å². The van der Waals surface area contributed by atoms with Crippen LogP contribution in [0.25, 0.3) is 0 Å². The topological polar surface area (TPSA) is 76.2 Å². The molecular weight excluding hydrogens is 258 g/mol. The molecule has 2 N–H and O–H groups in total. The number of aromatic nitrogens is 2. The maximum atomic E-state index is 12.4. The first-order chi connectivity index (χ1) is 9.54. The third-order valence-corrected chi connectivity index (χ3v) is 4.10. The number of ether oxygens (including phenoxy) is 2. The van der Waals surface area contributed by atoms with Crippen molar-refractivity contribution in [3.8, 4) is 0 Å². The van der Waals surface area contributed by atoms with E-state index in [1.165, 1.54) is 0 Å². The van der Waals surface area contributed by atoms with E-state index in [2.05, 4.69) is 15.5 Å². The number of H-pyrrole nitrogens is 1. The fourth-order valence-corrected chi connectivity index (χ4v) is 2.89. The molecule has 110 valence electrons. The van der Waals surface area contributed by atoms with E-state index in [1.807, 2.05) is 13.8 Å². The van der Waals surface area contributed by atoms with Crippen LogP contribution in [0, 0.1) is 0 Å². The Hall–Kier alpha value is -1.40. The van der Waals surface area contributed by atoms with Gasteiger partial charge in [-0.2, -0.15) is 5.10 Å². The van der Waals surface area contributed by atoms with Crippen LogP contribution in [0.15, 0.2) is 0 Å². The molecule has 0 spiro atoms. The number of rotatable bonds is 4. The number of hydrogen-bond acceptors (Lipinski definition) is 4. The smallest absolute Gasteiger partial charge is 0.272 e. The number of carbonyl (C=O) groups excluding carboxylic acids is 1. The SMILES string of the molecule is COCC1(NC(=O)c2n[nH]c3c2C[C@H](C)O[C@@H]3C)CC1. The third kappa shape index (κ3) is 2.33. The average Bonchev–Trinajstić information content (AvgIpc) is 2.99. The predicted molar refractivity (Wildman–Crippen MR) is 72.6 cm³/mol. The molecule has 3 rings (SSSR count). The number of methoxy groups -OCH3 is 1. The highest BCUT2D eigenvalue weighted by Crippen LogP contribution is 2.36. The van der Waals surface area contributed by atoms with Crippen molar-refractivity contribution in [2.45, 2.75) is 50.9 Å². The molecule has 2 aliphatic rings. The predicted octanol–water partition coefficient (Wildman–Crippen LogP) is 1.34. The molecule has 2 heterocycles. The summed E-state index contributed by atoms with van der Waals surface area (Å²) in [4.78, 5) is 12.4. The zero-order valence-electron chi connectivity index (χ0n) is 12.2. The Morgan fingerprint density at radius 2 is 2.30 bits per heavy atom. The lowest BCUT2D eigenvalue weighted by atomic mass is 9.99. The molecule has 0 aromatic carbocycles. The van der Waals surface area contributed by atoms with Crippen molar-refractivity contribution in [2.24, 2.45) is 0 Å². The zero-order valence-corrected chi connectivity index (χ0v) is 12.2. The molecular formula is C14H21N3O3. The number of carbonyl (C=O) groups is 1. The molecule has 0 unspecified atom stereocenters. The van der Waals surface area contributed by atoms with Crippen LogP contribution in [0.4, 0.5) is 0 Å². The van der Waals surface area contributed by atoms with Gasteiger partial charge in [0.05, 0.1) is 30.0 Å². The van der Waals surface area contributed by atoms with Crippen LogP contribution >= 0.6 is 0 Å². The average molecular weight is 279 g/mol. The minimum atomic E-state index is -0.180. The number of nitrogens with one attached hydrogen (secondary N) is 2. The quantitative estimate of drug-likeness (QED) is 0.872. The van der Waals surface area contributed by atoms with Gasteiger partial charge in [0, 0.05) is 19.1 Å². The van der Waals surface area contributed by atoms with Gasteiger partial charge in [-0.15, -0.1) is 0 Å². The summed E-state index contributed by atoms with van der Waals surface area (Å²) in [6, 6.07) is 0. The van der Waals surface area contributed by atoms with Gasteiger partial charge < -0.3 is 14.8 Å². The van der Waals surface area contributed by atoms with E-state index in [4.69, 9.17) is 9.47 Å². The fourth-order valence-electron chi connectivity index (χ4n) is 2.89. The number of nitrogens with zero attached hydrogens (tertiary/aromatic N) is 1. The summed E-state index contributed by atoms with van der Waals surface area (Å²) >= 11 is 0. The van der Waals surface area contributed by atoms with Gasteiger partial charge in [0.25, 0.3) is 5.91 Å². The van der Waals surface area contributed by atoms with Crippen molar-refractivity contribution in [3.05, 3.63) is 17.0 Å². The summed E-state index contributed by atoms with van der Waals surface area (Å²) in [6.45, 7) is 4.55. The zero-order chi connectivity index (χ0) is 14.3. The summed E-state index contributed by atoms with van der Waals surface area (Å²) in [7, 11) is 1.66. The summed E-state index contributed by atoms with van der Waals surface area (Å²) in [5.74, 6) is -0.113. The Balaban J connectivity index is 1.79. The Morgan fingerprint density at radius 3 is 2.95 bits per heavy atom. The normalized spacial score (nSPS) is 26.9.